The molecular weight excluding hydrogens is 473 g/mol. The summed E-state index contributed by atoms with van der Waals surface area (Å²) >= 11 is 24.2. The molecule has 0 bridgehead atoms. The Labute approximate surface area is 195 Å². The maximum absolute atomic E-state index is 13.1. The summed E-state index contributed by atoms with van der Waals surface area (Å²) in [7, 11) is 0. The molecule has 1 aliphatic heterocycles. The van der Waals surface area contributed by atoms with Crippen molar-refractivity contribution in [3.8, 4) is 5.75 Å². The number of hydrogen-bond acceptors (Lipinski definition) is 3. The highest BCUT2D eigenvalue weighted by Gasteiger charge is 2.32. The van der Waals surface area contributed by atoms with E-state index in [2.05, 4.69) is 11.8 Å². The number of carbonyl (C=O) groups excluding carboxylic acids is 1. The van der Waals surface area contributed by atoms with Crippen LogP contribution in [0.4, 0.5) is 4.39 Å². The zero-order valence-electron chi connectivity index (χ0n) is 16.5. The van der Waals surface area contributed by atoms with Crippen LogP contribution < -0.4 is 4.74 Å². The van der Waals surface area contributed by atoms with E-state index in [0.29, 0.717) is 19.6 Å². The first kappa shape index (κ1) is 23.4. The van der Waals surface area contributed by atoms with Crippen LogP contribution in [-0.4, -0.2) is 47.5 Å². The van der Waals surface area contributed by atoms with Gasteiger partial charge in [0.25, 0.3) is 5.91 Å². The second-order valence-corrected chi connectivity index (χ2v) is 8.96. The molecule has 162 valence electrons. The molecule has 2 unspecified atom stereocenters. The third kappa shape index (κ3) is 5.32. The van der Waals surface area contributed by atoms with Crippen LogP contribution in [0.15, 0.2) is 30.3 Å². The Morgan fingerprint density at radius 2 is 1.70 bits per heavy atom. The molecule has 1 amide bonds. The zero-order valence-corrected chi connectivity index (χ0v) is 19.5. The van der Waals surface area contributed by atoms with Crippen molar-refractivity contribution < 1.29 is 13.9 Å². The summed E-state index contributed by atoms with van der Waals surface area (Å²) in [5, 5.41) is 0.604. The highest BCUT2D eigenvalue weighted by molar-refractivity contribution is 6.50. The molecule has 4 nitrogen and oxygen atoms in total. The van der Waals surface area contributed by atoms with Crippen molar-refractivity contribution in [1.82, 2.24) is 9.80 Å². The molecule has 0 radical (unpaired) electrons. The quantitative estimate of drug-likeness (QED) is 0.381. The van der Waals surface area contributed by atoms with Gasteiger partial charge in [-0.2, -0.15) is 0 Å². The lowest BCUT2D eigenvalue weighted by molar-refractivity contribution is -0.139. The maximum Gasteiger partial charge on any atom is 0.260 e. The predicted octanol–water partition coefficient (Wildman–Crippen LogP) is 5.94. The topological polar surface area (TPSA) is 32.8 Å². The second kappa shape index (κ2) is 9.92. The lowest BCUT2D eigenvalue weighted by Gasteiger charge is -2.44. The zero-order chi connectivity index (χ0) is 22.0. The molecule has 30 heavy (non-hydrogen) atoms. The first-order valence-corrected chi connectivity index (χ1v) is 10.9. The molecule has 2 aromatic carbocycles. The molecule has 9 heteroatoms. The molecule has 2 atom stereocenters. The lowest BCUT2D eigenvalue weighted by Crippen LogP contribution is -2.58. The molecule has 0 saturated carbocycles. The van der Waals surface area contributed by atoms with Gasteiger partial charge in [0, 0.05) is 31.7 Å². The van der Waals surface area contributed by atoms with Gasteiger partial charge < -0.3 is 9.64 Å². The van der Waals surface area contributed by atoms with Gasteiger partial charge in [-0.3, -0.25) is 9.69 Å². The maximum atomic E-state index is 13.1. The van der Waals surface area contributed by atoms with Gasteiger partial charge in [0.1, 0.15) is 10.8 Å². The largest absolute Gasteiger partial charge is 0.481 e. The molecule has 0 N–H and O–H groups in total. The highest BCUT2D eigenvalue weighted by Crippen LogP contribution is 2.42. The second-order valence-electron chi connectivity index (χ2n) is 7.39. The van der Waals surface area contributed by atoms with Gasteiger partial charge >= 0.3 is 0 Å². The van der Waals surface area contributed by atoms with Crippen molar-refractivity contribution in [3.63, 3.8) is 0 Å². The van der Waals surface area contributed by atoms with E-state index in [-0.39, 0.29) is 56.3 Å². The van der Waals surface area contributed by atoms with Crippen molar-refractivity contribution in [1.29, 1.82) is 0 Å². The molecule has 1 fully saturated rings. The van der Waals surface area contributed by atoms with Crippen LogP contribution in [-0.2, 0) is 11.3 Å². The van der Waals surface area contributed by atoms with Crippen LogP contribution in [0.2, 0.25) is 20.1 Å². The van der Waals surface area contributed by atoms with Crippen molar-refractivity contribution >= 4 is 52.3 Å². The minimum absolute atomic E-state index is 0.0162. The molecule has 1 saturated heterocycles. The van der Waals surface area contributed by atoms with Gasteiger partial charge in [-0.25, -0.2) is 4.39 Å². The number of amides is 1. The minimum atomic E-state index is -0.252. The molecule has 3 rings (SSSR count). The summed E-state index contributed by atoms with van der Waals surface area (Å²) < 4.78 is 18.7. The molecular formula is C21H21Cl4FN2O2. The number of halogens is 5. The van der Waals surface area contributed by atoms with Gasteiger partial charge in [0.15, 0.2) is 12.4 Å². The molecule has 1 heterocycles. The van der Waals surface area contributed by atoms with E-state index < -0.39 is 0 Å². The van der Waals surface area contributed by atoms with E-state index in [9.17, 15) is 9.18 Å². The van der Waals surface area contributed by atoms with Crippen LogP contribution in [0.25, 0.3) is 0 Å². The van der Waals surface area contributed by atoms with Crippen LogP contribution in [0.1, 0.15) is 19.4 Å². The van der Waals surface area contributed by atoms with Crippen LogP contribution in [0.3, 0.4) is 0 Å². The van der Waals surface area contributed by atoms with E-state index in [1.165, 1.54) is 18.2 Å². The standard InChI is InChI=1S/C21H21Cl4FN2O2/c1-12-9-28(13(2)8-27(12)10-14-3-5-15(26)6-4-14)18(29)11-30-21-17(23)7-16(22)19(24)20(21)25/h3-7,12-13H,8-11H2,1-2H3. The first-order chi connectivity index (χ1) is 14.2. The van der Waals surface area contributed by atoms with Gasteiger partial charge in [-0.1, -0.05) is 58.5 Å². The first-order valence-electron chi connectivity index (χ1n) is 9.41. The third-order valence-corrected chi connectivity index (χ3v) is 6.67. The molecule has 2 aromatic rings. The fourth-order valence-corrected chi connectivity index (χ4v) is 4.50. The molecule has 0 aromatic heterocycles. The number of benzene rings is 2. The Balaban J connectivity index is 1.61. The monoisotopic (exact) mass is 492 g/mol. The van der Waals surface area contributed by atoms with Crippen LogP contribution in [0, 0.1) is 5.82 Å². The summed E-state index contributed by atoms with van der Waals surface area (Å²) in [5.74, 6) is -0.288. The van der Waals surface area contributed by atoms with Crippen LogP contribution >= 0.6 is 46.4 Å². The average molecular weight is 494 g/mol. The highest BCUT2D eigenvalue weighted by atomic mass is 35.5. The van der Waals surface area contributed by atoms with Gasteiger partial charge in [0.2, 0.25) is 0 Å². The third-order valence-electron chi connectivity index (χ3n) is 5.15. The van der Waals surface area contributed by atoms with Crippen molar-refractivity contribution in [3.05, 3.63) is 61.8 Å². The number of rotatable bonds is 5. The van der Waals surface area contributed by atoms with Crippen molar-refractivity contribution in [2.75, 3.05) is 19.7 Å². The Hall–Kier alpha value is -1.24. The Morgan fingerprint density at radius 3 is 2.37 bits per heavy atom. The predicted molar refractivity (Wildman–Crippen MR) is 119 cm³/mol. The Bertz CT molecular complexity index is 926. The van der Waals surface area contributed by atoms with Crippen molar-refractivity contribution in [2.45, 2.75) is 32.5 Å². The van der Waals surface area contributed by atoms with E-state index in [0.717, 1.165) is 5.56 Å². The minimum Gasteiger partial charge on any atom is -0.481 e. The molecule has 0 spiro atoms. The van der Waals surface area contributed by atoms with E-state index in [1.54, 1.807) is 17.0 Å². The van der Waals surface area contributed by atoms with E-state index in [4.69, 9.17) is 51.1 Å². The fraction of sp³-hybridized carbons (Fsp3) is 0.381. The fourth-order valence-electron chi connectivity index (χ4n) is 3.49. The lowest BCUT2D eigenvalue weighted by atomic mass is 10.1. The molecule has 0 aliphatic carbocycles. The number of hydrogen-bond donors (Lipinski definition) is 0. The summed E-state index contributed by atoms with van der Waals surface area (Å²) in [6.45, 7) is 5.76. The van der Waals surface area contributed by atoms with Gasteiger partial charge in [0.05, 0.1) is 15.1 Å². The normalized spacial score (nSPS) is 19.8. The van der Waals surface area contributed by atoms with E-state index in [1.807, 2.05) is 6.92 Å². The number of carbonyl (C=O) groups is 1. The summed E-state index contributed by atoms with van der Waals surface area (Å²) in [4.78, 5) is 16.9. The number of nitrogens with zero attached hydrogens (tertiary/aromatic N) is 2. The molecule has 1 aliphatic rings. The summed E-state index contributed by atoms with van der Waals surface area (Å²) in [5.41, 5.74) is 1.03. The SMILES string of the molecule is CC1CN(C(=O)COc2c(Cl)cc(Cl)c(Cl)c2Cl)C(C)CN1Cc1ccc(F)cc1. The summed E-state index contributed by atoms with van der Waals surface area (Å²) in [6.07, 6.45) is 0. The number of ether oxygens (including phenoxy) is 1. The van der Waals surface area contributed by atoms with Gasteiger partial charge in [-0.05, 0) is 37.6 Å². The van der Waals surface area contributed by atoms with Gasteiger partial charge in [-0.15, -0.1) is 0 Å². The van der Waals surface area contributed by atoms with Crippen LogP contribution in [0.5, 0.6) is 5.75 Å². The Kier molecular flexibility index (Phi) is 7.75. The Morgan fingerprint density at radius 1 is 1.03 bits per heavy atom. The average Bonchev–Trinajstić information content (AvgIpc) is 2.70. The van der Waals surface area contributed by atoms with E-state index >= 15 is 0 Å². The summed E-state index contributed by atoms with van der Waals surface area (Å²) in [6, 6.07) is 8.02. The smallest absolute Gasteiger partial charge is 0.260 e. The van der Waals surface area contributed by atoms with Crippen molar-refractivity contribution in [2.24, 2.45) is 0 Å². The number of piperazine rings is 1.